The molecule has 1 aliphatic rings. The number of rotatable bonds is 3. The summed E-state index contributed by atoms with van der Waals surface area (Å²) in [5, 5.41) is 22.1. The van der Waals surface area contributed by atoms with E-state index in [4.69, 9.17) is 9.84 Å². The molecule has 0 saturated carbocycles. The van der Waals surface area contributed by atoms with Crippen LogP contribution >= 0.6 is 0 Å². The molecule has 1 fully saturated rings. The number of aliphatic hydroxyl groups is 2. The molecule has 0 spiro atoms. The molecule has 7 nitrogen and oxygen atoms in total. The number of ether oxygens (including phenoxy) is 1. The molecule has 0 unspecified atom stereocenters. The Kier molecular flexibility index (Phi) is 4.10. The highest BCUT2D eigenvalue weighted by Gasteiger charge is 2.33. The van der Waals surface area contributed by atoms with Crippen LogP contribution < -0.4 is 5.32 Å². The van der Waals surface area contributed by atoms with Crippen LogP contribution in [0.3, 0.4) is 0 Å². The lowest BCUT2D eigenvalue weighted by molar-refractivity contribution is -0.107. The zero-order valence-electron chi connectivity index (χ0n) is 12.3. The second-order valence-corrected chi connectivity index (χ2v) is 5.49. The van der Waals surface area contributed by atoms with Crippen LogP contribution in [-0.2, 0) is 4.74 Å². The van der Waals surface area contributed by atoms with Crippen molar-refractivity contribution in [3.63, 3.8) is 0 Å². The molecule has 3 N–H and O–H groups in total. The molecule has 2 aromatic rings. The molecule has 0 aromatic carbocycles. The summed E-state index contributed by atoms with van der Waals surface area (Å²) >= 11 is 0. The first-order chi connectivity index (χ1) is 10.6. The van der Waals surface area contributed by atoms with Gasteiger partial charge in [-0.05, 0) is 25.5 Å². The number of carbonyl (C=O) groups is 1. The molecule has 3 rings (SSSR count). The summed E-state index contributed by atoms with van der Waals surface area (Å²) in [6.07, 6.45) is 2.58. The highest BCUT2D eigenvalue weighted by atomic mass is 16.5. The molecular weight excluding hydrogens is 286 g/mol. The van der Waals surface area contributed by atoms with E-state index >= 15 is 0 Å². The first-order valence-electron chi connectivity index (χ1n) is 7.26. The lowest BCUT2D eigenvalue weighted by Crippen LogP contribution is -2.54. The van der Waals surface area contributed by atoms with Gasteiger partial charge >= 0.3 is 0 Å². The normalized spacial score (nSPS) is 25.3. The monoisotopic (exact) mass is 305 g/mol. The van der Waals surface area contributed by atoms with Crippen LogP contribution in [0, 0.1) is 6.92 Å². The van der Waals surface area contributed by atoms with E-state index in [2.05, 4.69) is 10.3 Å². The Balaban J connectivity index is 1.81. The maximum absolute atomic E-state index is 12.5. The van der Waals surface area contributed by atoms with E-state index in [1.54, 1.807) is 16.5 Å². The minimum absolute atomic E-state index is 0.275. The van der Waals surface area contributed by atoms with Gasteiger partial charge in [-0.15, -0.1) is 0 Å². The zero-order chi connectivity index (χ0) is 15.7. The van der Waals surface area contributed by atoms with Crippen molar-refractivity contribution in [3.05, 3.63) is 35.8 Å². The van der Waals surface area contributed by atoms with E-state index < -0.39 is 18.2 Å². The summed E-state index contributed by atoms with van der Waals surface area (Å²) in [5.74, 6) is -0.293. The van der Waals surface area contributed by atoms with Gasteiger partial charge < -0.3 is 24.7 Å². The topological polar surface area (TPSA) is 96.1 Å². The largest absolute Gasteiger partial charge is 0.394 e. The van der Waals surface area contributed by atoms with Gasteiger partial charge in [-0.1, -0.05) is 0 Å². The fourth-order valence-electron chi connectivity index (χ4n) is 2.75. The zero-order valence-corrected chi connectivity index (χ0v) is 12.3. The number of fused-ring (bicyclic) bond motifs is 1. The van der Waals surface area contributed by atoms with Gasteiger partial charge in [0, 0.05) is 19.0 Å². The van der Waals surface area contributed by atoms with Gasteiger partial charge in [-0.3, -0.25) is 4.79 Å². The van der Waals surface area contributed by atoms with Crippen molar-refractivity contribution in [3.8, 4) is 0 Å². The van der Waals surface area contributed by atoms with E-state index in [0.29, 0.717) is 24.2 Å². The van der Waals surface area contributed by atoms with Crippen LogP contribution in [0.5, 0.6) is 0 Å². The number of imidazole rings is 1. The Morgan fingerprint density at radius 2 is 2.41 bits per heavy atom. The Morgan fingerprint density at radius 3 is 3.18 bits per heavy atom. The molecule has 7 heteroatoms. The molecule has 1 amide bonds. The predicted octanol–water partition coefficient (Wildman–Crippen LogP) is -0.117. The van der Waals surface area contributed by atoms with Crippen LogP contribution in [0.15, 0.2) is 24.5 Å². The Bertz CT molecular complexity index is 684. The molecule has 1 aliphatic heterocycles. The van der Waals surface area contributed by atoms with E-state index in [1.807, 2.05) is 19.3 Å². The maximum Gasteiger partial charge on any atom is 0.255 e. The number of amides is 1. The molecular formula is C15H19N3O4. The van der Waals surface area contributed by atoms with E-state index in [1.165, 1.54) is 0 Å². The molecule has 0 aliphatic carbocycles. The first-order valence-corrected chi connectivity index (χ1v) is 7.26. The highest BCUT2D eigenvalue weighted by molar-refractivity contribution is 6.00. The summed E-state index contributed by atoms with van der Waals surface area (Å²) < 4.78 is 7.06. The lowest BCUT2D eigenvalue weighted by atomic mass is 9.99. The quantitative estimate of drug-likeness (QED) is 0.735. The molecule has 118 valence electrons. The Labute approximate surface area is 127 Å². The molecule has 3 heterocycles. The summed E-state index contributed by atoms with van der Waals surface area (Å²) in [4.78, 5) is 16.9. The summed E-state index contributed by atoms with van der Waals surface area (Å²) in [6, 6.07) is 3.03. The number of nitrogens with zero attached hydrogens (tertiary/aromatic N) is 2. The lowest BCUT2D eigenvalue weighted by Gasteiger charge is -2.34. The van der Waals surface area contributed by atoms with Gasteiger partial charge in [0.25, 0.3) is 5.91 Å². The molecule has 1 saturated heterocycles. The maximum atomic E-state index is 12.5. The van der Waals surface area contributed by atoms with Crippen LogP contribution in [-0.4, -0.2) is 57.0 Å². The van der Waals surface area contributed by atoms with Crippen molar-refractivity contribution < 1.29 is 19.7 Å². The predicted molar refractivity (Wildman–Crippen MR) is 78.6 cm³/mol. The molecule has 0 bridgehead atoms. The number of aliphatic hydroxyl groups excluding tert-OH is 2. The third kappa shape index (κ3) is 2.70. The molecule has 0 radical (unpaired) electrons. The highest BCUT2D eigenvalue weighted by Crippen LogP contribution is 2.16. The summed E-state index contributed by atoms with van der Waals surface area (Å²) in [6.45, 7) is 1.98. The smallest absolute Gasteiger partial charge is 0.255 e. The van der Waals surface area contributed by atoms with Gasteiger partial charge in [0.2, 0.25) is 0 Å². The van der Waals surface area contributed by atoms with Crippen LogP contribution in [0.4, 0.5) is 0 Å². The van der Waals surface area contributed by atoms with Crippen molar-refractivity contribution in [2.45, 2.75) is 31.6 Å². The molecule has 2 aromatic heterocycles. The van der Waals surface area contributed by atoms with Crippen molar-refractivity contribution in [1.29, 1.82) is 0 Å². The number of nitrogens with one attached hydrogen (secondary N) is 1. The minimum Gasteiger partial charge on any atom is -0.394 e. The average molecular weight is 305 g/mol. The summed E-state index contributed by atoms with van der Waals surface area (Å²) in [5.41, 5.74) is 1.86. The fourth-order valence-corrected chi connectivity index (χ4v) is 2.75. The SMILES string of the molecule is Cc1cn2cccc(C(=O)N[C@H]3CCO[C@H](CO)[C@H]3O)c2n1. The van der Waals surface area contributed by atoms with E-state index in [-0.39, 0.29) is 12.5 Å². The van der Waals surface area contributed by atoms with Crippen LogP contribution in [0.1, 0.15) is 22.5 Å². The van der Waals surface area contributed by atoms with Crippen molar-refractivity contribution in [2.24, 2.45) is 0 Å². The van der Waals surface area contributed by atoms with Crippen LogP contribution in [0.25, 0.3) is 5.65 Å². The first kappa shape index (κ1) is 15.0. The molecule has 3 atom stereocenters. The third-order valence-electron chi connectivity index (χ3n) is 3.90. The second kappa shape index (κ2) is 6.04. The minimum atomic E-state index is -0.927. The van der Waals surface area contributed by atoms with Crippen molar-refractivity contribution in [1.82, 2.24) is 14.7 Å². The molecule has 22 heavy (non-hydrogen) atoms. The van der Waals surface area contributed by atoms with Crippen LogP contribution in [0.2, 0.25) is 0 Å². The average Bonchev–Trinajstić information content (AvgIpc) is 2.89. The van der Waals surface area contributed by atoms with Gasteiger partial charge in [-0.25, -0.2) is 4.98 Å². The van der Waals surface area contributed by atoms with Gasteiger partial charge in [-0.2, -0.15) is 0 Å². The number of pyridine rings is 1. The number of aryl methyl sites for hydroxylation is 1. The summed E-state index contributed by atoms with van der Waals surface area (Å²) in [7, 11) is 0. The van der Waals surface area contributed by atoms with E-state index in [0.717, 1.165) is 5.69 Å². The number of aromatic nitrogens is 2. The number of carbonyl (C=O) groups excluding carboxylic acids is 1. The number of hydrogen-bond donors (Lipinski definition) is 3. The van der Waals surface area contributed by atoms with Crippen molar-refractivity contribution in [2.75, 3.05) is 13.2 Å². The van der Waals surface area contributed by atoms with Gasteiger partial charge in [0.15, 0.2) is 0 Å². The number of hydrogen-bond acceptors (Lipinski definition) is 5. The standard InChI is InChI=1S/C15H19N3O4/c1-9-7-18-5-2-3-10(14(18)16-9)15(21)17-11-4-6-22-12(8-19)13(11)20/h2-3,5,7,11-13,19-20H,4,6,8H2,1H3,(H,17,21)/t11-,12+,13-/m0/s1. The Morgan fingerprint density at radius 1 is 1.59 bits per heavy atom. The van der Waals surface area contributed by atoms with Gasteiger partial charge in [0.1, 0.15) is 17.9 Å². The Hall–Kier alpha value is -1.96. The van der Waals surface area contributed by atoms with E-state index in [9.17, 15) is 9.90 Å². The fraction of sp³-hybridized carbons (Fsp3) is 0.467. The van der Waals surface area contributed by atoms with Gasteiger partial charge in [0.05, 0.1) is 23.9 Å². The third-order valence-corrected chi connectivity index (χ3v) is 3.90. The van der Waals surface area contributed by atoms with Crippen molar-refractivity contribution >= 4 is 11.6 Å². The second-order valence-electron chi connectivity index (χ2n) is 5.49.